The number of benzene rings is 1. The first-order valence-corrected chi connectivity index (χ1v) is 9.63. The van der Waals surface area contributed by atoms with Gasteiger partial charge in [0.15, 0.2) is 22.4 Å². The lowest BCUT2D eigenvalue weighted by Crippen LogP contribution is -2.01. The Hall–Kier alpha value is -2.65. The first-order valence-electron chi connectivity index (χ1n) is 7.20. The molecule has 0 atom stereocenters. The Morgan fingerprint density at radius 3 is 2.69 bits per heavy atom. The molecule has 2 aromatic heterocycles. The number of aromatic nitrogens is 1. The Labute approximate surface area is 150 Å². The van der Waals surface area contributed by atoms with E-state index in [9.17, 15) is 19.1 Å². The van der Waals surface area contributed by atoms with Crippen LogP contribution in [0.5, 0.6) is 11.5 Å². The maximum atomic E-state index is 12.9. The van der Waals surface area contributed by atoms with Crippen molar-refractivity contribution in [3.63, 3.8) is 0 Å². The maximum Gasteiger partial charge on any atom is 0.391 e. The summed E-state index contributed by atoms with van der Waals surface area (Å²) in [6, 6.07) is 7.23. The molecule has 0 spiro atoms. The minimum atomic E-state index is -4.55. The third-order valence-corrected chi connectivity index (χ3v) is 5.29. The predicted molar refractivity (Wildman–Crippen MR) is 91.9 cm³/mol. The van der Waals surface area contributed by atoms with Crippen molar-refractivity contribution in [2.75, 3.05) is 12.5 Å². The third kappa shape index (κ3) is 2.89. The van der Waals surface area contributed by atoms with Crippen molar-refractivity contribution in [1.29, 1.82) is 0 Å². The molecule has 1 aliphatic heterocycles. The standard InChI is InChI=1S/C15H11N2O7PS/c16-15-17-12(9-3-4-11(24-9)25(19,20)21)14(26-15)13(18)7-1-2-8-10(5-7)23-6-22-8/h1-5H,6H2,(H2,16,17)(H2,19,20,21). The fourth-order valence-corrected chi connectivity index (χ4v) is 3.72. The van der Waals surface area contributed by atoms with E-state index in [0.717, 1.165) is 17.4 Å². The average molecular weight is 394 g/mol. The molecule has 134 valence electrons. The van der Waals surface area contributed by atoms with Gasteiger partial charge in [-0.3, -0.25) is 9.36 Å². The van der Waals surface area contributed by atoms with E-state index in [1.807, 2.05) is 0 Å². The minimum Gasteiger partial charge on any atom is -0.454 e. The number of thiazole rings is 1. The first kappa shape index (κ1) is 16.8. The first-order chi connectivity index (χ1) is 12.3. The molecule has 11 heteroatoms. The number of furan rings is 1. The molecule has 1 aliphatic rings. The summed E-state index contributed by atoms with van der Waals surface area (Å²) in [5, 5.41) is 0.123. The number of carbonyl (C=O) groups is 1. The van der Waals surface area contributed by atoms with Gasteiger partial charge in [-0.15, -0.1) is 0 Å². The summed E-state index contributed by atoms with van der Waals surface area (Å²) in [5.74, 6) is 0.668. The molecule has 0 amide bonds. The van der Waals surface area contributed by atoms with Crippen LogP contribution >= 0.6 is 18.9 Å². The van der Waals surface area contributed by atoms with Gasteiger partial charge < -0.3 is 29.4 Å². The van der Waals surface area contributed by atoms with Crippen LogP contribution in [0.2, 0.25) is 0 Å². The largest absolute Gasteiger partial charge is 0.454 e. The van der Waals surface area contributed by atoms with E-state index in [0.29, 0.717) is 17.1 Å². The highest BCUT2D eigenvalue weighted by molar-refractivity contribution is 7.59. The van der Waals surface area contributed by atoms with Gasteiger partial charge in [-0.1, -0.05) is 11.3 Å². The fourth-order valence-electron chi connectivity index (χ4n) is 2.44. The average Bonchev–Trinajstić information content (AvgIpc) is 3.31. The molecular formula is C15H11N2O7PS. The van der Waals surface area contributed by atoms with Crippen LogP contribution in [0.3, 0.4) is 0 Å². The summed E-state index contributed by atoms with van der Waals surface area (Å²) >= 11 is 0.953. The van der Waals surface area contributed by atoms with Crippen molar-refractivity contribution in [2.24, 2.45) is 0 Å². The zero-order chi connectivity index (χ0) is 18.5. The number of fused-ring (bicyclic) bond motifs is 1. The highest BCUT2D eigenvalue weighted by Crippen LogP contribution is 2.38. The summed E-state index contributed by atoms with van der Waals surface area (Å²) in [5.41, 5.74) is 5.67. The lowest BCUT2D eigenvalue weighted by Gasteiger charge is -2.02. The number of ketones is 1. The molecule has 1 aromatic carbocycles. The van der Waals surface area contributed by atoms with E-state index in [2.05, 4.69) is 4.98 Å². The molecule has 0 saturated heterocycles. The molecular weight excluding hydrogens is 383 g/mol. The van der Waals surface area contributed by atoms with Crippen LogP contribution in [0.1, 0.15) is 15.2 Å². The molecule has 0 aliphatic carbocycles. The molecule has 0 saturated carbocycles. The smallest absolute Gasteiger partial charge is 0.391 e. The normalized spacial score (nSPS) is 13.2. The molecule has 0 unspecified atom stereocenters. The van der Waals surface area contributed by atoms with Crippen molar-refractivity contribution >= 4 is 35.3 Å². The molecule has 0 radical (unpaired) electrons. The van der Waals surface area contributed by atoms with E-state index < -0.39 is 13.1 Å². The number of hydrogen-bond donors (Lipinski definition) is 3. The lowest BCUT2D eigenvalue weighted by molar-refractivity contribution is 0.104. The molecule has 0 bridgehead atoms. The van der Waals surface area contributed by atoms with Gasteiger partial charge in [-0.2, -0.15) is 0 Å². The molecule has 0 fully saturated rings. The van der Waals surface area contributed by atoms with Gasteiger partial charge in [0.2, 0.25) is 18.1 Å². The molecule has 3 aromatic rings. The predicted octanol–water partition coefficient (Wildman–Crippen LogP) is 1.75. The number of anilines is 1. The number of carbonyl (C=O) groups excluding carboxylic acids is 1. The van der Waals surface area contributed by atoms with Crippen LogP contribution in [-0.2, 0) is 4.57 Å². The Bertz CT molecular complexity index is 1070. The Balaban J connectivity index is 1.75. The van der Waals surface area contributed by atoms with Crippen LogP contribution in [0.4, 0.5) is 5.13 Å². The van der Waals surface area contributed by atoms with Gasteiger partial charge in [0, 0.05) is 5.56 Å². The highest BCUT2D eigenvalue weighted by Gasteiger charge is 2.27. The second-order valence-electron chi connectivity index (χ2n) is 5.31. The van der Waals surface area contributed by atoms with Crippen LogP contribution in [0.15, 0.2) is 34.7 Å². The topological polar surface area (TPSA) is 145 Å². The van der Waals surface area contributed by atoms with Crippen molar-refractivity contribution < 1.29 is 33.0 Å². The monoisotopic (exact) mass is 394 g/mol. The fraction of sp³-hybridized carbons (Fsp3) is 0.0667. The Morgan fingerprint density at radius 1 is 1.19 bits per heavy atom. The molecule has 26 heavy (non-hydrogen) atoms. The van der Waals surface area contributed by atoms with Gasteiger partial charge in [-0.05, 0) is 30.3 Å². The van der Waals surface area contributed by atoms with Gasteiger partial charge >= 0.3 is 7.60 Å². The second-order valence-corrected chi connectivity index (χ2v) is 7.87. The molecule has 4 N–H and O–H groups in total. The zero-order valence-corrected chi connectivity index (χ0v) is 14.6. The summed E-state index contributed by atoms with van der Waals surface area (Å²) < 4.78 is 27.0. The molecule has 4 rings (SSSR count). The van der Waals surface area contributed by atoms with Crippen molar-refractivity contribution in [3.05, 3.63) is 40.8 Å². The maximum absolute atomic E-state index is 12.9. The van der Waals surface area contributed by atoms with Gasteiger partial charge in [0.05, 0.1) is 0 Å². The highest BCUT2D eigenvalue weighted by atomic mass is 32.1. The van der Waals surface area contributed by atoms with Gasteiger partial charge in [0.25, 0.3) is 0 Å². The van der Waals surface area contributed by atoms with Gasteiger partial charge in [-0.25, -0.2) is 4.98 Å². The minimum absolute atomic E-state index is 0.0420. The summed E-state index contributed by atoms with van der Waals surface area (Å²) in [6.45, 7) is 0.0866. The van der Waals surface area contributed by atoms with Crippen LogP contribution in [-0.4, -0.2) is 27.3 Å². The van der Waals surface area contributed by atoms with Crippen LogP contribution in [0, 0.1) is 0 Å². The number of ether oxygens (including phenoxy) is 2. The number of nitrogens with two attached hydrogens (primary N) is 1. The van der Waals surface area contributed by atoms with Crippen LogP contribution in [0.25, 0.3) is 11.5 Å². The Morgan fingerprint density at radius 2 is 1.96 bits per heavy atom. The SMILES string of the molecule is Nc1nc(-c2ccc(P(=O)(O)O)o2)c(C(=O)c2ccc3c(c2)OCO3)s1. The zero-order valence-electron chi connectivity index (χ0n) is 12.9. The molecule has 3 heterocycles. The van der Waals surface area contributed by atoms with Crippen molar-refractivity contribution in [2.45, 2.75) is 0 Å². The number of nitrogen functional groups attached to an aromatic ring is 1. The van der Waals surface area contributed by atoms with E-state index in [4.69, 9.17) is 19.6 Å². The third-order valence-electron chi connectivity index (χ3n) is 3.60. The number of rotatable bonds is 4. The van der Waals surface area contributed by atoms with E-state index >= 15 is 0 Å². The van der Waals surface area contributed by atoms with Crippen molar-refractivity contribution in [3.8, 4) is 23.0 Å². The lowest BCUT2D eigenvalue weighted by atomic mass is 10.1. The number of hydrogen-bond acceptors (Lipinski definition) is 8. The molecule has 9 nitrogen and oxygen atoms in total. The summed E-state index contributed by atoms with van der Waals surface area (Å²) in [6.07, 6.45) is 0. The number of nitrogens with zero attached hydrogens (tertiary/aromatic N) is 1. The van der Waals surface area contributed by atoms with Crippen LogP contribution < -0.4 is 20.7 Å². The second kappa shape index (κ2) is 5.96. The summed E-state index contributed by atoms with van der Waals surface area (Å²) in [7, 11) is -4.55. The van der Waals surface area contributed by atoms with E-state index in [1.165, 1.54) is 6.07 Å². The summed E-state index contributed by atoms with van der Waals surface area (Å²) in [4.78, 5) is 35.5. The van der Waals surface area contributed by atoms with Gasteiger partial charge in [0.1, 0.15) is 10.6 Å². The quantitative estimate of drug-likeness (QED) is 0.445. The van der Waals surface area contributed by atoms with Crippen molar-refractivity contribution in [1.82, 2.24) is 4.98 Å². The van der Waals surface area contributed by atoms with E-state index in [-0.39, 0.29) is 34.0 Å². The van der Waals surface area contributed by atoms with E-state index in [1.54, 1.807) is 18.2 Å². The Kier molecular flexibility index (Phi) is 3.85.